The summed E-state index contributed by atoms with van der Waals surface area (Å²) < 4.78 is 7.27. The van der Waals surface area contributed by atoms with Crippen LogP contribution in [0, 0.1) is 6.92 Å². The summed E-state index contributed by atoms with van der Waals surface area (Å²) in [5.41, 5.74) is 1.90. The van der Waals surface area contributed by atoms with Gasteiger partial charge in [0.15, 0.2) is 5.15 Å². The number of nitrogens with zero attached hydrogens (tertiary/aromatic N) is 2. The number of allylic oxidation sites excluding steroid dienone is 3. The molecule has 6 heteroatoms. The van der Waals surface area contributed by atoms with Gasteiger partial charge in [-0.15, -0.1) is 0 Å². The van der Waals surface area contributed by atoms with Crippen LogP contribution in [-0.2, 0) is 6.54 Å². The van der Waals surface area contributed by atoms with Crippen molar-refractivity contribution < 1.29 is 4.74 Å². The lowest BCUT2D eigenvalue weighted by Gasteiger charge is -2.15. The summed E-state index contributed by atoms with van der Waals surface area (Å²) in [6.07, 6.45) is 7.43. The van der Waals surface area contributed by atoms with E-state index in [2.05, 4.69) is 11.9 Å². The van der Waals surface area contributed by atoms with Crippen LogP contribution in [0.4, 0.5) is 0 Å². The Hall–Kier alpha value is -2.04. The Morgan fingerprint density at radius 2 is 2.04 bits per heavy atom. The summed E-state index contributed by atoms with van der Waals surface area (Å²) in [6, 6.07) is 7.65. The minimum atomic E-state index is -0.328. The van der Waals surface area contributed by atoms with Gasteiger partial charge in [-0.05, 0) is 38.5 Å². The van der Waals surface area contributed by atoms with Gasteiger partial charge in [0.05, 0.1) is 18.8 Å². The second kappa shape index (κ2) is 10.3. The highest BCUT2D eigenvalue weighted by molar-refractivity contribution is 6.31. The van der Waals surface area contributed by atoms with E-state index in [4.69, 9.17) is 27.9 Å². The van der Waals surface area contributed by atoms with E-state index in [0.29, 0.717) is 29.6 Å². The van der Waals surface area contributed by atoms with Crippen molar-refractivity contribution in [2.45, 2.75) is 40.2 Å². The first kappa shape index (κ1) is 21.3. The van der Waals surface area contributed by atoms with Gasteiger partial charge in [0.2, 0.25) is 0 Å². The SMILES string of the molecule is CCC/C=C(Cl)/C=C\c1nc(Cl)c(=O)n(Cc2ccccc2OCC)c1C. The van der Waals surface area contributed by atoms with Crippen LogP contribution in [0.25, 0.3) is 6.08 Å². The van der Waals surface area contributed by atoms with Crippen molar-refractivity contribution in [2.24, 2.45) is 0 Å². The zero-order valence-corrected chi connectivity index (χ0v) is 17.3. The van der Waals surface area contributed by atoms with Crippen LogP contribution in [0.3, 0.4) is 0 Å². The molecule has 0 amide bonds. The number of aromatic nitrogens is 2. The molecule has 0 saturated heterocycles. The maximum absolute atomic E-state index is 12.6. The Kier molecular flexibility index (Phi) is 8.14. The number of unbranched alkanes of at least 4 members (excludes halogenated alkanes) is 1. The van der Waals surface area contributed by atoms with Gasteiger partial charge in [-0.2, -0.15) is 0 Å². The van der Waals surface area contributed by atoms with E-state index in [-0.39, 0.29) is 10.7 Å². The minimum absolute atomic E-state index is 0.0669. The van der Waals surface area contributed by atoms with Crippen molar-refractivity contribution in [1.82, 2.24) is 9.55 Å². The fourth-order valence-electron chi connectivity index (χ4n) is 2.59. The topological polar surface area (TPSA) is 44.1 Å². The number of hydrogen-bond donors (Lipinski definition) is 0. The molecule has 0 unspecified atom stereocenters. The lowest BCUT2D eigenvalue weighted by Crippen LogP contribution is -2.26. The molecule has 2 rings (SSSR count). The normalized spacial score (nSPS) is 12.0. The van der Waals surface area contributed by atoms with Crippen molar-refractivity contribution in [3.8, 4) is 5.75 Å². The summed E-state index contributed by atoms with van der Waals surface area (Å²) in [4.78, 5) is 16.8. The largest absolute Gasteiger partial charge is 0.494 e. The van der Waals surface area contributed by atoms with Gasteiger partial charge in [0.1, 0.15) is 5.75 Å². The average Bonchev–Trinajstić information content (AvgIpc) is 2.66. The fraction of sp³-hybridized carbons (Fsp3) is 0.333. The second-order valence-electron chi connectivity index (χ2n) is 6.02. The third-order valence-corrected chi connectivity index (χ3v) is 4.57. The van der Waals surface area contributed by atoms with Crippen LogP contribution in [-0.4, -0.2) is 16.2 Å². The summed E-state index contributed by atoms with van der Waals surface area (Å²) in [5.74, 6) is 0.752. The molecule has 0 aliphatic heterocycles. The highest BCUT2D eigenvalue weighted by Gasteiger charge is 2.13. The lowest BCUT2D eigenvalue weighted by atomic mass is 10.2. The standard InChI is InChI=1S/C21H24Cl2N2O2/c1-4-6-10-17(22)12-13-18-15(3)25(21(26)20(23)24-18)14-16-9-7-8-11-19(16)27-5-2/h7-13H,4-6,14H2,1-3H3/b13-12-,17-10-. The molecule has 1 heterocycles. The van der Waals surface area contributed by atoms with Crippen LogP contribution in [0.2, 0.25) is 5.15 Å². The Labute approximate surface area is 170 Å². The molecule has 0 radical (unpaired) electrons. The number of benzene rings is 1. The summed E-state index contributed by atoms with van der Waals surface area (Å²) >= 11 is 12.3. The Bertz CT molecular complexity index is 902. The van der Waals surface area contributed by atoms with Gasteiger partial charge < -0.3 is 9.30 Å². The highest BCUT2D eigenvalue weighted by Crippen LogP contribution is 2.20. The molecule has 0 aliphatic rings. The minimum Gasteiger partial charge on any atom is -0.494 e. The van der Waals surface area contributed by atoms with Crippen molar-refractivity contribution in [3.63, 3.8) is 0 Å². The van der Waals surface area contributed by atoms with E-state index in [1.807, 2.05) is 44.2 Å². The number of rotatable bonds is 8. The van der Waals surface area contributed by atoms with Crippen molar-refractivity contribution in [1.29, 1.82) is 0 Å². The molecular weight excluding hydrogens is 383 g/mol. The predicted octanol–water partition coefficient (Wildman–Crippen LogP) is 5.59. The molecule has 1 aromatic heterocycles. The Morgan fingerprint density at radius 3 is 2.74 bits per heavy atom. The predicted molar refractivity (Wildman–Crippen MR) is 113 cm³/mol. The molecule has 1 aromatic carbocycles. The average molecular weight is 407 g/mol. The monoisotopic (exact) mass is 406 g/mol. The van der Waals surface area contributed by atoms with Crippen molar-refractivity contribution in [3.05, 3.63) is 73.9 Å². The van der Waals surface area contributed by atoms with E-state index >= 15 is 0 Å². The van der Waals surface area contributed by atoms with Gasteiger partial charge in [-0.25, -0.2) is 4.98 Å². The summed E-state index contributed by atoms with van der Waals surface area (Å²) in [5, 5.41) is 0.566. The molecule has 4 nitrogen and oxygen atoms in total. The second-order valence-corrected chi connectivity index (χ2v) is 6.81. The van der Waals surface area contributed by atoms with Gasteiger partial charge in [0, 0.05) is 16.3 Å². The molecule has 0 N–H and O–H groups in total. The number of hydrogen-bond acceptors (Lipinski definition) is 3. The lowest BCUT2D eigenvalue weighted by molar-refractivity contribution is 0.335. The van der Waals surface area contributed by atoms with E-state index in [1.165, 1.54) is 0 Å². The molecule has 0 bridgehead atoms. The first-order valence-corrected chi connectivity index (χ1v) is 9.74. The van der Waals surface area contributed by atoms with E-state index < -0.39 is 0 Å². The molecule has 0 fully saturated rings. The van der Waals surface area contributed by atoms with E-state index in [9.17, 15) is 4.79 Å². The number of halogens is 2. The van der Waals surface area contributed by atoms with Crippen LogP contribution in [0.15, 0.2) is 46.2 Å². The Balaban J connectivity index is 2.42. The zero-order chi connectivity index (χ0) is 19.8. The molecule has 0 spiro atoms. The smallest absolute Gasteiger partial charge is 0.288 e. The first-order chi connectivity index (χ1) is 13.0. The maximum atomic E-state index is 12.6. The van der Waals surface area contributed by atoms with Crippen LogP contribution in [0.1, 0.15) is 43.6 Å². The fourth-order valence-corrected chi connectivity index (χ4v) is 2.96. The molecule has 144 valence electrons. The zero-order valence-electron chi connectivity index (χ0n) is 15.8. The van der Waals surface area contributed by atoms with Crippen molar-refractivity contribution >= 4 is 29.3 Å². The molecule has 0 saturated carbocycles. The molecule has 0 atom stereocenters. The summed E-state index contributed by atoms with van der Waals surface area (Å²) in [6.45, 7) is 6.77. The van der Waals surface area contributed by atoms with Gasteiger partial charge in [-0.3, -0.25) is 4.79 Å². The third kappa shape index (κ3) is 5.72. The number of ether oxygens (including phenoxy) is 1. The molecule has 0 aliphatic carbocycles. The molecular formula is C21H24Cl2N2O2. The maximum Gasteiger partial charge on any atom is 0.288 e. The third-order valence-electron chi connectivity index (χ3n) is 4.05. The van der Waals surface area contributed by atoms with E-state index in [1.54, 1.807) is 16.7 Å². The first-order valence-electron chi connectivity index (χ1n) is 8.99. The van der Waals surface area contributed by atoms with Gasteiger partial charge >= 0.3 is 0 Å². The quantitative estimate of drug-likeness (QED) is 0.536. The van der Waals surface area contributed by atoms with Gasteiger partial charge in [-0.1, -0.05) is 60.8 Å². The van der Waals surface area contributed by atoms with Crippen LogP contribution >= 0.6 is 23.2 Å². The van der Waals surface area contributed by atoms with Crippen LogP contribution in [0.5, 0.6) is 5.75 Å². The molecule has 2 aromatic rings. The highest BCUT2D eigenvalue weighted by atomic mass is 35.5. The number of para-hydroxylation sites is 1. The Morgan fingerprint density at radius 1 is 1.30 bits per heavy atom. The van der Waals surface area contributed by atoms with Gasteiger partial charge in [0.25, 0.3) is 5.56 Å². The summed E-state index contributed by atoms with van der Waals surface area (Å²) in [7, 11) is 0. The van der Waals surface area contributed by atoms with Crippen molar-refractivity contribution in [2.75, 3.05) is 6.61 Å². The van der Waals surface area contributed by atoms with Crippen LogP contribution < -0.4 is 10.3 Å². The molecule has 27 heavy (non-hydrogen) atoms. The van der Waals surface area contributed by atoms with E-state index in [0.717, 1.165) is 24.2 Å².